The number of halogens is 1. The van der Waals surface area contributed by atoms with Crippen molar-refractivity contribution in [3.05, 3.63) is 36.2 Å². The summed E-state index contributed by atoms with van der Waals surface area (Å²) in [7, 11) is 0. The quantitative estimate of drug-likeness (QED) is 0.823. The van der Waals surface area contributed by atoms with Crippen molar-refractivity contribution in [2.24, 2.45) is 0 Å². The van der Waals surface area contributed by atoms with Gasteiger partial charge in [-0.3, -0.25) is 14.8 Å². The van der Waals surface area contributed by atoms with Crippen molar-refractivity contribution >= 4 is 28.5 Å². The molecule has 1 aromatic carbocycles. The molecule has 5 heteroatoms. The monoisotopic (exact) mass is 235 g/mol. The third-order valence-electron chi connectivity index (χ3n) is 2.11. The molecule has 4 nitrogen and oxygen atoms in total. The fourth-order valence-corrected chi connectivity index (χ4v) is 1.46. The van der Waals surface area contributed by atoms with Crippen molar-refractivity contribution in [3.63, 3.8) is 0 Å². The zero-order valence-corrected chi connectivity index (χ0v) is 9.24. The first-order valence-electron chi connectivity index (χ1n) is 4.86. The summed E-state index contributed by atoms with van der Waals surface area (Å²) in [4.78, 5) is 19.9. The molecule has 0 atom stereocenters. The van der Waals surface area contributed by atoms with E-state index in [1.807, 2.05) is 0 Å². The minimum absolute atomic E-state index is 0.145. The largest absolute Gasteiger partial charge is 0.351 e. The van der Waals surface area contributed by atoms with Crippen molar-refractivity contribution in [2.75, 3.05) is 12.4 Å². The van der Waals surface area contributed by atoms with E-state index in [9.17, 15) is 4.79 Å². The third kappa shape index (κ3) is 2.28. The van der Waals surface area contributed by atoms with E-state index in [0.29, 0.717) is 23.5 Å². The molecule has 0 radical (unpaired) electrons. The summed E-state index contributed by atoms with van der Waals surface area (Å²) in [6.45, 7) is 0.457. The Morgan fingerprint density at radius 3 is 2.75 bits per heavy atom. The first-order chi connectivity index (χ1) is 7.81. The summed E-state index contributed by atoms with van der Waals surface area (Å²) in [6, 6.07) is 5.21. The molecule has 0 aliphatic rings. The Morgan fingerprint density at radius 2 is 2.00 bits per heavy atom. The zero-order chi connectivity index (χ0) is 11.4. The lowest BCUT2D eigenvalue weighted by atomic mass is 10.2. The predicted molar refractivity (Wildman–Crippen MR) is 62.6 cm³/mol. The normalized spacial score (nSPS) is 10.3. The van der Waals surface area contributed by atoms with Gasteiger partial charge in [-0.2, -0.15) is 0 Å². The SMILES string of the molecule is O=C(NCCCl)c1ccc2nccnc2c1. The number of nitrogens with zero attached hydrogens (tertiary/aromatic N) is 2. The average molecular weight is 236 g/mol. The van der Waals surface area contributed by atoms with Crippen LogP contribution in [0.3, 0.4) is 0 Å². The van der Waals surface area contributed by atoms with Crippen molar-refractivity contribution in [1.29, 1.82) is 0 Å². The van der Waals surface area contributed by atoms with Crippen LogP contribution < -0.4 is 5.32 Å². The van der Waals surface area contributed by atoms with Crippen LogP contribution >= 0.6 is 11.6 Å². The van der Waals surface area contributed by atoms with Gasteiger partial charge in [0.2, 0.25) is 0 Å². The molecule has 16 heavy (non-hydrogen) atoms. The number of benzene rings is 1. The molecule has 0 aliphatic heterocycles. The van der Waals surface area contributed by atoms with Crippen LogP contribution in [-0.2, 0) is 0 Å². The first kappa shape index (κ1) is 10.8. The molecule has 2 aromatic rings. The number of alkyl halides is 1. The minimum Gasteiger partial charge on any atom is -0.351 e. The van der Waals surface area contributed by atoms with E-state index in [2.05, 4.69) is 15.3 Å². The molecule has 1 N–H and O–H groups in total. The minimum atomic E-state index is -0.145. The predicted octanol–water partition coefficient (Wildman–Crippen LogP) is 1.60. The Balaban J connectivity index is 2.28. The number of carbonyl (C=O) groups is 1. The van der Waals surface area contributed by atoms with Crippen molar-refractivity contribution < 1.29 is 4.79 Å². The lowest BCUT2D eigenvalue weighted by molar-refractivity contribution is 0.0956. The number of amides is 1. The van der Waals surface area contributed by atoms with E-state index in [1.54, 1.807) is 30.6 Å². The molecule has 1 heterocycles. The van der Waals surface area contributed by atoms with Gasteiger partial charge in [-0.25, -0.2) is 0 Å². The van der Waals surface area contributed by atoms with Crippen LogP contribution in [0, 0.1) is 0 Å². The van der Waals surface area contributed by atoms with E-state index in [1.165, 1.54) is 0 Å². The van der Waals surface area contributed by atoms with E-state index in [4.69, 9.17) is 11.6 Å². The highest BCUT2D eigenvalue weighted by atomic mass is 35.5. The molecule has 1 aromatic heterocycles. The molecule has 0 bridgehead atoms. The molecule has 0 spiro atoms. The van der Waals surface area contributed by atoms with Crippen molar-refractivity contribution in [3.8, 4) is 0 Å². The number of fused-ring (bicyclic) bond motifs is 1. The van der Waals surface area contributed by atoms with Gasteiger partial charge in [0.05, 0.1) is 11.0 Å². The van der Waals surface area contributed by atoms with Gasteiger partial charge >= 0.3 is 0 Å². The van der Waals surface area contributed by atoms with Crippen LogP contribution in [0.25, 0.3) is 11.0 Å². The number of hydrogen-bond acceptors (Lipinski definition) is 3. The molecular weight excluding hydrogens is 226 g/mol. The van der Waals surface area contributed by atoms with Gasteiger partial charge in [-0.1, -0.05) is 0 Å². The molecule has 82 valence electrons. The smallest absolute Gasteiger partial charge is 0.251 e. The molecule has 0 aliphatic carbocycles. The lowest BCUT2D eigenvalue weighted by Crippen LogP contribution is -2.25. The van der Waals surface area contributed by atoms with Crippen molar-refractivity contribution in [2.45, 2.75) is 0 Å². The maximum Gasteiger partial charge on any atom is 0.251 e. The lowest BCUT2D eigenvalue weighted by Gasteiger charge is -2.03. The van der Waals surface area contributed by atoms with Crippen LogP contribution in [0.2, 0.25) is 0 Å². The van der Waals surface area contributed by atoms with Gasteiger partial charge < -0.3 is 5.32 Å². The topological polar surface area (TPSA) is 54.9 Å². The molecule has 0 saturated carbocycles. The Labute approximate surface area is 97.7 Å². The molecule has 1 amide bonds. The van der Waals surface area contributed by atoms with E-state index in [0.717, 1.165) is 5.52 Å². The highest BCUT2D eigenvalue weighted by molar-refractivity contribution is 6.18. The Hall–Kier alpha value is -1.68. The number of carbonyl (C=O) groups excluding carboxylic acids is 1. The van der Waals surface area contributed by atoms with Gasteiger partial charge in [-0.15, -0.1) is 11.6 Å². The molecule has 0 unspecified atom stereocenters. The van der Waals surface area contributed by atoms with E-state index >= 15 is 0 Å². The number of rotatable bonds is 3. The van der Waals surface area contributed by atoms with Gasteiger partial charge in [0.25, 0.3) is 5.91 Å². The Morgan fingerprint density at radius 1 is 1.25 bits per heavy atom. The second-order valence-corrected chi connectivity index (χ2v) is 3.58. The second-order valence-electron chi connectivity index (χ2n) is 3.20. The van der Waals surface area contributed by atoms with Crippen LogP contribution in [0.4, 0.5) is 0 Å². The van der Waals surface area contributed by atoms with E-state index < -0.39 is 0 Å². The Kier molecular flexibility index (Phi) is 3.31. The summed E-state index contributed by atoms with van der Waals surface area (Å²) in [6.07, 6.45) is 3.22. The fraction of sp³-hybridized carbons (Fsp3) is 0.182. The molecular formula is C11H10ClN3O. The van der Waals surface area contributed by atoms with Crippen LogP contribution in [-0.4, -0.2) is 28.3 Å². The number of aromatic nitrogens is 2. The number of nitrogens with one attached hydrogen (secondary N) is 1. The van der Waals surface area contributed by atoms with Crippen LogP contribution in [0.15, 0.2) is 30.6 Å². The van der Waals surface area contributed by atoms with Crippen LogP contribution in [0.1, 0.15) is 10.4 Å². The molecule has 0 fully saturated rings. The van der Waals surface area contributed by atoms with Crippen LogP contribution in [0.5, 0.6) is 0 Å². The average Bonchev–Trinajstić information content (AvgIpc) is 2.35. The third-order valence-corrected chi connectivity index (χ3v) is 2.30. The van der Waals surface area contributed by atoms with Crippen molar-refractivity contribution in [1.82, 2.24) is 15.3 Å². The van der Waals surface area contributed by atoms with Gasteiger partial charge in [0, 0.05) is 30.4 Å². The summed E-state index contributed by atoms with van der Waals surface area (Å²) >= 11 is 5.49. The van der Waals surface area contributed by atoms with E-state index in [-0.39, 0.29) is 5.91 Å². The maximum absolute atomic E-state index is 11.6. The summed E-state index contributed by atoms with van der Waals surface area (Å²) in [5.74, 6) is 0.257. The number of hydrogen-bond donors (Lipinski definition) is 1. The maximum atomic E-state index is 11.6. The van der Waals surface area contributed by atoms with Gasteiger partial charge in [0.1, 0.15) is 0 Å². The summed E-state index contributed by atoms with van der Waals surface area (Å²) < 4.78 is 0. The zero-order valence-electron chi connectivity index (χ0n) is 8.48. The Bertz CT molecular complexity index is 515. The van der Waals surface area contributed by atoms with Gasteiger partial charge in [0.15, 0.2) is 0 Å². The standard InChI is InChI=1S/C11H10ClN3O/c12-3-4-15-11(16)8-1-2-9-10(7-8)14-6-5-13-9/h1-2,5-7H,3-4H2,(H,15,16). The molecule has 0 saturated heterocycles. The fourth-order valence-electron chi connectivity index (χ4n) is 1.37. The summed E-state index contributed by atoms with van der Waals surface area (Å²) in [5.41, 5.74) is 2.05. The van der Waals surface area contributed by atoms with Gasteiger partial charge in [-0.05, 0) is 18.2 Å². The highest BCUT2D eigenvalue weighted by Crippen LogP contribution is 2.10. The summed E-state index contributed by atoms with van der Waals surface area (Å²) in [5, 5.41) is 2.69. The first-order valence-corrected chi connectivity index (χ1v) is 5.39. The second kappa shape index (κ2) is 4.90. The molecule has 2 rings (SSSR count). The highest BCUT2D eigenvalue weighted by Gasteiger charge is 2.05.